The summed E-state index contributed by atoms with van der Waals surface area (Å²) < 4.78 is 18.3. The highest BCUT2D eigenvalue weighted by molar-refractivity contribution is 6.61. The van der Waals surface area contributed by atoms with Crippen molar-refractivity contribution < 1.29 is 18.1 Å². The van der Waals surface area contributed by atoms with Crippen molar-refractivity contribution in [2.24, 2.45) is 0 Å². The third-order valence-corrected chi connectivity index (χ3v) is 6.33. The first-order valence-electron chi connectivity index (χ1n) is 7.72. The molecule has 124 valence electrons. The highest BCUT2D eigenvalue weighted by Gasteiger charge is 2.48. The maximum Gasteiger partial charge on any atom is 0.502 e. The molecule has 0 amide bonds. The quantitative estimate of drug-likeness (QED) is 0.449. The molecule has 0 spiro atoms. The Bertz CT molecular complexity index is 351. The molecule has 0 heterocycles. The van der Waals surface area contributed by atoms with E-state index in [9.17, 15) is 4.79 Å². The summed E-state index contributed by atoms with van der Waals surface area (Å²) in [5, 5.41) is 0. The second-order valence-electron chi connectivity index (χ2n) is 6.49. The Balaban J connectivity index is 5.45. The second kappa shape index (κ2) is 8.22. The fourth-order valence-electron chi connectivity index (χ4n) is 2.22. The van der Waals surface area contributed by atoms with E-state index in [0.717, 1.165) is 6.42 Å². The Morgan fingerprint density at radius 2 is 1.57 bits per heavy atom. The van der Waals surface area contributed by atoms with Gasteiger partial charge < -0.3 is 13.3 Å². The van der Waals surface area contributed by atoms with Crippen LogP contribution in [0.5, 0.6) is 0 Å². The number of hydrogen-bond acceptors (Lipinski definition) is 4. The minimum atomic E-state index is -2.93. The molecule has 0 atom stereocenters. The van der Waals surface area contributed by atoms with Crippen molar-refractivity contribution in [1.29, 1.82) is 0 Å². The first-order valence-corrected chi connectivity index (χ1v) is 9.65. The molecule has 0 aliphatic heterocycles. The lowest BCUT2D eigenvalue weighted by Crippen LogP contribution is -2.55. The number of hydrogen-bond donors (Lipinski definition) is 0. The minimum Gasteiger partial charge on any atom is -0.371 e. The molecule has 0 bridgehead atoms. The molecular weight excluding hydrogens is 284 g/mol. The maximum atomic E-state index is 12.3. The summed E-state index contributed by atoms with van der Waals surface area (Å²) in [6.45, 7) is 18.8. The monoisotopic (exact) mass is 316 g/mol. The van der Waals surface area contributed by atoms with Crippen molar-refractivity contribution in [2.45, 2.75) is 85.7 Å². The Kier molecular flexibility index (Phi) is 8.03. The molecular formula is C16H32O4Si. The molecule has 0 aromatic rings. The largest absolute Gasteiger partial charge is 0.502 e. The van der Waals surface area contributed by atoms with Crippen LogP contribution in [0.1, 0.15) is 61.8 Å². The van der Waals surface area contributed by atoms with Gasteiger partial charge in [0.15, 0.2) is 5.78 Å². The molecule has 0 saturated carbocycles. The van der Waals surface area contributed by atoms with Gasteiger partial charge in [0.2, 0.25) is 0 Å². The lowest BCUT2D eigenvalue weighted by molar-refractivity contribution is -0.133. The molecule has 21 heavy (non-hydrogen) atoms. The van der Waals surface area contributed by atoms with Gasteiger partial charge in [0, 0.05) is 18.3 Å². The summed E-state index contributed by atoms with van der Waals surface area (Å²) in [5.41, 5.74) is -0.509. The fraction of sp³-hybridized carbons (Fsp3) is 0.812. The van der Waals surface area contributed by atoms with Gasteiger partial charge in [-0.05, 0) is 54.0 Å². The Morgan fingerprint density at radius 1 is 1.14 bits per heavy atom. The van der Waals surface area contributed by atoms with E-state index in [0.29, 0.717) is 11.6 Å². The van der Waals surface area contributed by atoms with Crippen LogP contribution >= 0.6 is 0 Å². The van der Waals surface area contributed by atoms with E-state index in [1.807, 2.05) is 27.7 Å². The molecule has 0 aliphatic carbocycles. The van der Waals surface area contributed by atoms with Gasteiger partial charge in [0.1, 0.15) is 5.60 Å². The van der Waals surface area contributed by atoms with Crippen LogP contribution in [-0.2, 0) is 18.1 Å². The van der Waals surface area contributed by atoms with Crippen LogP contribution in [0.2, 0.25) is 6.04 Å². The van der Waals surface area contributed by atoms with Gasteiger partial charge in [-0.15, -0.1) is 0 Å². The molecule has 0 radical (unpaired) electrons. The Labute approximate surface area is 131 Å². The van der Waals surface area contributed by atoms with Crippen LogP contribution in [-0.4, -0.2) is 32.4 Å². The zero-order valence-electron chi connectivity index (χ0n) is 14.9. The maximum absolute atomic E-state index is 12.3. The molecule has 0 aromatic carbocycles. The highest BCUT2D eigenvalue weighted by atomic mass is 28.4. The fourth-order valence-corrected chi connectivity index (χ4v) is 5.63. The van der Waals surface area contributed by atoms with E-state index in [-0.39, 0.29) is 18.0 Å². The van der Waals surface area contributed by atoms with E-state index in [4.69, 9.17) is 13.3 Å². The van der Waals surface area contributed by atoms with Crippen molar-refractivity contribution in [1.82, 2.24) is 0 Å². The summed E-state index contributed by atoms with van der Waals surface area (Å²) in [5.74, 6) is -0.116. The zero-order chi connectivity index (χ0) is 16.8. The van der Waals surface area contributed by atoms with Gasteiger partial charge in [-0.3, -0.25) is 4.79 Å². The van der Waals surface area contributed by atoms with Crippen molar-refractivity contribution in [3.63, 3.8) is 0 Å². The summed E-state index contributed by atoms with van der Waals surface area (Å²) in [6, 6.07) is 0.691. The molecule has 4 nitrogen and oxygen atoms in total. The first-order chi connectivity index (χ1) is 9.45. The van der Waals surface area contributed by atoms with Crippen molar-refractivity contribution in [3.05, 3.63) is 12.2 Å². The van der Waals surface area contributed by atoms with Gasteiger partial charge in [0.05, 0.1) is 0 Å². The predicted octanol–water partition coefficient (Wildman–Crippen LogP) is 4.13. The number of rotatable bonds is 10. The Morgan fingerprint density at radius 3 is 1.86 bits per heavy atom. The van der Waals surface area contributed by atoms with Crippen LogP contribution in [0, 0.1) is 0 Å². The smallest absolute Gasteiger partial charge is 0.371 e. The van der Waals surface area contributed by atoms with E-state index in [1.165, 1.54) is 0 Å². The van der Waals surface area contributed by atoms with Crippen molar-refractivity contribution >= 4 is 14.6 Å². The topological polar surface area (TPSA) is 44.8 Å². The molecule has 0 saturated heterocycles. The van der Waals surface area contributed by atoms with E-state index in [1.54, 1.807) is 20.8 Å². The standard InChI is InChI=1S/C16H32O4Si/c1-10-11-21(18-13(4)5,19-14(6)7)20-16(8,9)15(17)12(2)3/h13-14H,2,10-11H2,1,3-9H3. The molecule has 0 aromatic heterocycles. The zero-order valence-corrected chi connectivity index (χ0v) is 15.9. The SMILES string of the molecule is C=C(C)C(=O)C(C)(C)O[Si](CCC)(OC(C)C)OC(C)C. The molecule has 0 aliphatic rings. The van der Waals surface area contributed by atoms with Gasteiger partial charge in [-0.2, -0.15) is 0 Å². The Hall–Kier alpha value is -0.493. The lowest BCUT2D eigenvalue weighted by Gasteiger charge is -2.38. The number of Topliss-reactive ketones (excluding diaryl/α,β-unsaturated/α-hetero) is 1. The summed E-state index contributed by atoms with van der Waals surface area (Å²) >= 11 is 0. The van der Waals surface area contributed by atoms with Gasteiger partial charge in [-0.1, -0.05) is 19.9 Å². The number of ketones is 1. The third kappa shape index (κ3) is 6.87. The van der Waals surface area contributed by atoms with Gasteiger partial charge >= 0.3 is 8.80 Å². The van der Waals surface area contributed by atoms with E-state index >= 15 is 0 Å². The molecule has 0 fully saturated rings. The summed E-state index contributed by atoms with van der Waals surface area (Å²) in [7, 11) is -2.93. The second-order valence-corrected chi connectivity index (χ2v) is 9.03. The average molecular weight is 317 g/mol. The van der Waals surface area contributed by atoms with Crippen LogP contribution in [0.25, 0.3) is 0 Å². The first kappa shape index (κ1) is 20.5. The average Bonchev–Trinajstić information content (AvgIpc) is 2.24. The minimum absolute atomic E-state index is 0.0160. The molecule has 0 unspecified atom stereocenters. The number of carbonyl (C=O) groups excluding carboxylic acids is 1. The van der Waals surface area contributed by atoms with Crippen molar-refractivity contribution in [2.75, 3.05) is 0 Å². The molecule has 0 rings (SSSR count). The van der Waals surface area contributed by atoms with Gasteiger partial charge in [0.25, 0.3) is 0 Å². The van der Waals surface area contributed by atoms with Crippen LogP contribution < -0.4 is 0 Å². The lowest BCUT2D eigenvalue weighted by atomic mass is 9.99. The highest BCUT2D eigenvalue weighted by Crippen LogP contribution is 2.29. The summed E-state index contributed by atoms with van der Waals surface area (Å²) in [4.78, 5) is 12.3. The normalized spacial score (nSPS) is 13.0. The van der Waals surface area contributed by atoms with E-state index in [2.05, 4.69) is 13.5 Å². The summed E-state index contributed by atoms with van der Waals surface area (Å²) in [6.07, 6.45) is 0.846. The predicted molar refractivity (Wildman–Crippen MR) is 88.3 cm³/mol. The van der Waals surface area contributed by atoms with Crippen LogP contribution in [0.15, 0.2) is 12.2 Å². The van der Waals surface area contributed by atoms with Crippen molar-refractivity contribution in [3.8, 4) is 0 Å². The third-order valence-electron chi connectivity index (χ3n) is 2.73. The van der Waals surface area contributed by atoms with Crippen LogP contribution in [0.3, 0.4) is 0 Å². The van der Waals surface area contributed by atoms with Crippen LogP contribution in [0.4, 0.5) is 0 Å². The van der Waals surface area contributed by atoms with Gasteiger partial charge in [-0.25, -0.2) is 0 Å². The molecule has 0 N–H and O–H groups in total. The van der Waals surface area contributed by atoms with E-state index < -0.39 is 14.4 Å². The molecule has 5 heteroatoms. The number of carbonyl (C=O) groups is 1.